The number of fused-ring (bicyclic) bond motifs is 3. The lowest BCUT2D eigenvalue weighted by molar-refractivity contribution is 0.669. The Morgan fingerprint density at radius 1 is 0.351 bits per heavy atom. The number of nitrogens with zero attached hydrogens (tertiary/aromatic N) is 4. The van der Waals surface area contributed by atoms with Crippen molar-refractivity contribution < 1.29 is 4.42 Å². The Balaban J connectivity index is 1.03. The van der Waals surface area contributed by atoms with Gasteiger partial charge < -0.3 is 4.42 Å². The molecule has 57 heavy (non-hydrogen) atoms. The predicted octanol–water partition coefficient (Wildman–Crippen LogP) is 13.3. The van der Waals surface area contributed by atoms with Crippen LogP contribution in [0.4, 0.5) is 0 Å². The monoisotopic (exact) mass is 728 g/mol. The van der Waals surface area contributed by atoms with Gasteiger partial charge in [-0.3, -0.25) is 0 Å². The number of nitriles is 1. The van der Waals surface area contributed by atoms with Gasteiger partial charge in [0.25, 0.3) is 0 Å². The third-order valence-corrected chi connectivity index (χ3v) is 10.4. The highest BCUT2D eigenvalue weighted by atomic mass is 16.3. The summed E-state index contributed by atoms with van der Waals surface area (Å²) in [6, 6.07) is 68.3. The third-order valence-electron chi connectivity index (χ3n) is 10.4. The average molecular weight is 729 g/mol. The molecule has 0 aliphatic rings. The van der Waals surface area contributed by atoms with Crippen LogP contribution in [0.15, 0.2) is 199 Å². The molecule has 2 heterocycles. The van der Waals surface area contributed by atoms with Crippen LogP contribution in [-0.2, 0) is 0 Å². The van der Waals surface area contributed by atoms with Crippen molar-refractivity contribution in [1.29, 1.82) is 5.26 Å². The molecule has 0 aliphatic carbocycles. The van der Waals surface area contributed by atoms with Gasteiger partial charge in [-0.1, -0.05) is 152 Å². The zero-order valence-corrected chi connectivity index (χ0v) is 30.7. The van der Waals surface area contributed by atoms with E-state index in [1.807, 2.05) is 84.9 Å². The average Bonchev–Trinajstić information content (AvgIpc) is 3.68. The molecule has 0 saturated carbocycles. The van der Waals surface area contributed by atoms with E-state index >= 15 is 0 Å². The summed E-state index contributed by atoms with van der Waals surface area (Å²) in [5.41, 5.74) is 13.8. The maximum atomic E-state index is 9.21. The fourth-order valence-electron chi connectivity index (χ4n) is 7.48. The van der Waals surface area contributed by atoms with Crippen molar-refractivity contribution in [2.75, 3.05) is 0 Å². The number of rotatable bonds is 7. The summed E-state index contributed by atoms with van der Waals surface area (Å²) >= 11 is 0. The van der Waals surface area contributed by atoms with Gasteiger partial charge in [0.15, 0.2) is 17.5 Å². The van der Waals surface area contributed by atoms with Crippen molar-refractivity contribution in [1.82, 2.24) is 15.0 Å². The SMILES string of the molecule is N#Cc1ccc(-c2ccc(-c3nc(-c4ccccc4)nc(-c4ccc5c(c4)oc4cccc(-c6cccc(-c7cccc(-c8ccccc8)c7)c6)c45)n3)cc2)cc1. The minimum Gasteiger partial charge on any atom is -0.456 e. The molecule has 10 aromatic rings. The Hall–Kier alpha value is -7.94. The Kier molecular flexibility index (Phi) is 8.48. The maximum Gasteiger partial charge on any atom is 0.164 e. The second-order valence-corrected chi connectivity index (χ2v) is 14.0. The third kappa shape index (κ3) is 6.52. The molecule has 5 heteroatoms. The van der Waals surface area contributed by atoms with Crippen molar-refractivity contribution in [2.24, 2.45) is 0 Å². The summed E-state index contributed by atoms with van der Waals surface area (Å²) in [6.45, 7) is 0. The van der Waals surface area contributed by atoms with Crippen molar-refractivity contribution in [3.63, 3.8) is 0 Å². The van der Waals surface area contributed by atoms with E-state index in [-0.39, 0.29) is 0 Å². The van der Waals surface area contributed by atoms with Crippen LogP contribution in [0.25, 0.3) is 101 Å². The van der Waals surface area contributed by atoms with Gasteiger partial charge in [0.2, 0.25) is 0 Å². The van der Waals surface area contributed by atoms with Crippen molar-refractivity contribution in [3.8, 4) is 84.7 Å². The second-order valence-electron chi connectivity index (χ2n) is 14.0. The second kappa shape index (κ2) is 14.4. The molecule has 0 radical (unpaired) electrons. The van der Waals surface area contributed by atoms with Crippen molar-refractivity contribution in [2.45, 2.75) is 0 Å². The van der Waals surface area contributed by atoms with E-state index in [9.17, 15) is 5.26 Å². The van der Waals surface area contributed by atoms with E-state index in [4.69, 9.17) is 19.4 Å². The standard InChI is InChI=1S/C52H32N4O/c53-33-34-20-22-36(23-21-34)37-24-26-39(27-25-37)51-54-50(38-12-5-2-6-13-38)55-52(56-51)44-28-29-46-48(32-44)57-47-19-9-18-45(49(46)47)43-17-8-16-42(31-43)41-15-7-14-40(30-41)35-10-3-1-4-11-35/h1-32H. The molecule has 0 bridgehead atoms. The van der Waals surface area contributed by atoms with E-state index in [0.29, 0.717) is 23.0 Å². The molecule has 0 amide bonds. The first-order chi connectivity index (χ1) is 28.2. The fourth-order valence-corrected chi connectivity index (χ4v) is 7.48. The number of hydrogen-bond acceptors (Lipinski definition) is 5. The van der Waals surface area contributed by atoms with Crippen LogP contribution in [0, 0.1) is 11.3 Å². The molecule has 2 aromatic heterocycles. The van der Waals surface area contributed by atoms with E-state index < -0.39 is 0 Å². The number of aromatic nitrogens is 3. The first-order valence-corrected chi connectivity index (χ1v) is 18.8. The highest BCUT2D eigenvalue weighted by Crippen LogP contribution is 2.39. The summed E-state index contributed by atoms with van der Waals surface area (Å²) in [6.07, 6.45) is 0. The van der Waals surface area contributed by atoms with Gasteiger partial charge in [0.1, 0.15) is 11.2 Å². The molecule has 8 aromatic carbocycles. The molecule has 0 aliphatic heterocycles. The Morgan fingerprint density at radius 2 is 0.807 bits per heavy atom. The lowest BCUT2D eigenvalue weighted by Crippen LogP contribution is -2.00. The Labute approximate surface area is 329 Å². The maximum absolute atomic E-state index is 9.21. The zero-order chi connectivity index (χ0) is 38.1. The Bertz CT molecular complexity index is 3110. The largest absolute Gasteiger partial charge is 0.456 e. The summed E-state index contributed by atoms with van der Waals surface area (Å²) < 4.78 is 6.57. The van der Waals surface area contributed by atoms with Gasteiger partial charge in [-0.15, -0.1) is 0 Å². The first-order valence-electron chi connectivity index (χ1n) is 18.8. The minimum atomic E-state index is 0.558. The van der Waals surface area contributed by atoms with Gasteiger partial charge in [0.05, 0.1) is 11.6 Å². The van der Waals surface area contributed by atoms with Crippen LogP contribution < -0.4 is 0 Å². The molecular weight excluding hydrogens is 697 g/mol. The predicted molar refractivity (Wildman–Crippen MR) is 230 cm³/mol. The number of furan rings is 1. The van der Waals surface area contributed by atoms with Crippen LogP contribution in [0.5, 0.6) is 0 Å². The van der Waals surface area contributed by atoms with Crippen molar-refractivity contribution in [3.05, 3.63) is 200 Å². The number of hydrogen-bond donors (Lipinski definition) is 0. The van der Waals surface area contributed by atoms with Crippen LogP contribution in [-0.4, -0.2) is 15.0 Å². The summed E-state index contributed by atoms with van der Waals surface area (Å²) in [5, 5.41) is 11.3. The topological polar surface area (TPSA) is 75.6 Å². The summed E-state index contributed by atoms with van der Waals surface area (Å²) in [7, 11) is 0. The molecular formula is C52H32N4O. The quantitative estimate of drug-likeness (QED) is 0.163. The van der Waals surface area contributed by atoms with E-state index in [1.165, 1.54) is 16.7 Å². The van der Waals surface area contributed by atoms with E-state index in [1.54, 1.807) is 0 Å². The van der Waals surface area contributed by atoms with Crippen LogP contribution >= 0.6 is 0 Å². The smallest absolute Gasteiger partial charge is 0.164 e. The van der Waals surface area contributed by atoms with Crippen molar-refractivity contribution >= 4 is 21.9 Å². The molecule has 0 atom stereocenters. The normalized spacial score (nSPS) is 11.1. The van der Waals surface area contributed by atoms with Gasteiger partial charge >= 0.3 is 0 Å². The molecule has 0 N–H and O–H groups in total. The van der Waals surface area contributed by atoms with E-state index in [0.717, 1.165) is 66.4 Å². The van der Waals surface area contributed by atoms with Crippen LogP contribution in [0.3, 0.4) is 0 Å². The molecule has 5 nitrogen and oxygen atoms in total. The molecule has 0 spiro atoms. The molecule has 10 rings (SSSR count). The highest BCUT2D eigenvalue weighted by Gasteiger charge is 2.17. The lowest BCUT2D eigenvalue weighted by atomic mass is 9.94. The van der Waals surface area contributed by atoms with Gasteiger partial charge in [-0.2, -0.15) is 5.26 Å². The van der Waals surface area contributed by atoms with Gasteiger partial charge in [-0.25, -0.2) is 15.0 Å². The lowest BCUT2D eigenvalue weighted by Gasteiger charge is -2.10. The zero-order valence-electron chi connectivity index (χ0n) is 30.7. The highest BCUT2D eigenvalue weighted by molar-refractivity contribution is 6.13. The molecule has 0 fully saturated rings. The fraction of sp³-hybridized carbons (Fsp3) is 0. The first kappa shape index (κ1) is 33.6. The molecule has 266 valence electrons. The minimum absolute atomic E-state index is 0.558. The van der Waals surface area contributed by atoms with Gasteiger partial charge in [0, 0.05) is 27.5 Å². The van der Waals surface area contributed by atoms with Crippen LogP contribution in [0.2, 0.25) is 0 Å². The summed E-state index contributed by atoms with van der Waals surface area (Å²) in [5.74, 6) is 1.72. The molecule has 0 saturated heterocycles. The van der Waals surface area contributed by atoms with Crippen LogP contribution in [0.1, 0.15) is 5.56 Å². The van der Waals surface area contributed by atoms with Gasteiger partial charge in [-0.05, 0) is 87.0 Å². The summed E-state index contributed by atoms with van der Waals surface area (Å²) in [4.78, 5) is 14.9. The molecule has 0 unspecified atom stereocenters. The van der Waals surface area contributed by atoms with E-state index in [2.05, 4.69) is 115 Å². The Morgan fingerprint density at radius 3 is 1.46 bits per heavy atom. The number of benzene rings is 8.